The summed E-state index contributed by atoms with van der Waals surface area (Å²) in [6.45, 7) is 11.4. The van der Waals surface area contributed by atoms with Crippen LogP contribution in [-0.2, 0) is 10.8 Å². The predicted octanol–water partition coefficient (Wildman–Crippen LogP) is 4.10. The number of rotatable bonds is 2. The first-order valence-electron chi connectivity index (χ1n) is 7.19. The lowest BCUT2D eigenvalue weighted by atomic mass is 9.75. The van der Waals surface area contributed by atoms with Gasteiger partial charge in [0.25, 0.3) is 0 Å². The van der Waals surface area contributed by atoms with E-state index >= 15 is 0 Å². The van der Waals surface area contributed by atoms with Crippen LogP contribution in [-0.4, -0.2) is 16.3 Å². The van der Waals surface area contributed by atoms with E-state index in [1.807, 2.05) is 0 Å². The van der Waals surface area contributed by atoms with Gasteiger partial charge in [-0.25, -0.2) is 0 Å². The number of benzene rings is 2. The van der Waals surface area contributed by atoms with Crippen molar-refractivity contribution in [3.8, 4) is 0 Å². The van der Waals surface area contributed by atoms with Crippen LogP contribution in [0, 0.1) is 0 Å². The summed E-state index contributed by atoms with van der Waals surface area (Å²) in [5.74, 6) is 0. The van der Waals surface area contributed by atoms with Crippen molar-refractivity contribution in [3.63, 3.8) is 0 Å². The SMILES string of the molecule is CC(C)(C)c1cc(C(C)(C)c2ccccc2)cc[c]1[Al]. The van der Waals surface area contributed by atoms with Crippen LogP contribution in [0.15, 0.2) is 48.5 Å². The Kier molecular flexibility index (Phi) is 4.15. The molecule has 0 atom stereocenters. The Morgan fingerprint density at radius 2 is 1.35 bits per heavy atom. The molecule has 0 fully saturated rings. The molecule has 0 nitrogen and oxygen atoms in total. The standard InChI is InChI=1S/C19H23.Al/c1-18(2,3)16-12-9-13-17(14-16)19(4,5)15-10-7-6-8-11-15;/h6-11,13-14H,1-5H3;. The third-order valence-electron chi connectivity index (χ3n) is 4.08. The van der Waals surface area contributed by atoms with Crippen molar-refractivity contribution in [3.05, 3.63) is 65.2 Å². The van der Waals surface area contributed by atoms with Crippen molar-refractivity contribution in [2.45, 2.75) is 45.4 Å². The molecule has 0 aromatic heterocycles. The smallest absolute Gasteiger partial charge is 0.135 e. The fourth-order valence-electron chi connectivity index (χ4n) is 2.62. The molecule has 2 aromatic rings. The van der Waals surface area contributed by atoms with Gasteiger partial charge in [-0.15, -0.1) is 4.43 Å². The molecule has 20 heavy (non-hydrogen) atoms. The van der Waals surface area contributed by atoms with Gasteiger partial charge in [-0.05, 0) is 16.5 Å². The van der Waals surface area contributed by atoms with Gasteiger partial charge >= 0.3 is 0 Å². The summed E-state index contributed by atoms with van der Waals surface area (Å²) in [4.78, 5) is 0. The van der Waals surface area contributed by atoms with Gasteiger partial charge in [-0.3, -0.25) is 0 Å². The highest BCUT2D eigenvalue weighted by atomic mass is 27.0. The lowest BCUT2D eigenvalue weighted by Gasteiger charge is -2.30. The first-order chi connectivity index (χ1) is 9.23. The maximum absolute atomic E-state index is 2.87. The first kappa shape index (κ1) is 15.4. The van der Waals surface area contributed by atoms with Crippen molar-refractivity contribution in [1.82, 2.24) is 0 Å². The summed E-state index contributed by atoms with van der Waals surface area (Å²) < 4.78 is 1.30. The molecule has 1 heteroatoms. The van der Waals surface area contributed by atoms with Gasteiger partial charge in [0.15, 0.2) is 16.3 Å². The Labute approximate surface area is 131 Å². The molecule has 0 amide bonds. The minimum absolute atomic E-state index is 0.0274. The molecule has 0 aliphatic heterocycles. The summed E-state index contributed by atoms with van der Waals surface area (Å²) in [6, 6.07) is 17.6. The predicted molar refractivity (Wildman–Crippen MR) is 89.1 cm³/mol. The van der Waals surface area contributed by atoms with Crippen molar-refractivity contribution in [1.29, 1.82) is 0 Å². The second-order valence-electron chi connectivity index (χ2n) is 7.04. The Morgan fingerprint density at radius 1 is 0.750 bits per heavy atom. The van der Waals surface area contributed by atoms with Gasteiger partial charge in [-0.1, -0.05) is 88.7 Å². The zero-order chi connectivity index (χ0) is 15.0. The van der Waals surface area contributed by atoms with Gasteiger partial charge in [0.1, 0.15) is 0 Å². The topological polar surface area (TPSA) is 0 Å². The second-order valence-corrected chi connectivity index (χ2v) is 7.67. The number of hydrogen-bond donors (Lipinski definition) is 0. The zero-order valence-electron chi connectivity index (χ0n) is 13.2. The minimum atomic E-state index is 0.0274. The van der Waals surface area contributed by atoms with Crippen LogP contribution in [0.3, 0.4) is 0 Å². The quantitative estimate of drug-likeness (QED) is 0.725. The molecular weight excluding hydrogens is 255 g/mol. The molecule has 2 aromatic carbocycles. The monoisotopic (exact) mass is 278 g/mol. The van der Waals surface area contributed by atoms with E-state index in [4.69, 9.17) is 0 Å². The van der Waals surface area contributed by atoms with Gasteiger partial charge in [0.05, 0.1) is 0 Å². The van der Waals surface area contributed by atoms with Crippen molar-refractivity contribution in [2.24, 2.45) is 0 Å². The van der Waals surface area contributed by atoms with Crippen LogP contribution in [0.25, 0.3) is 0 Å². The molecule has 0 heterocycles. The fraction of sp³-hybridized carbons (Fsp3) is 0.368. The Hall–Kier alpha value is -1.03. The summed E-state index contributed by atoms with van der Waals surface area (Å²) in [6.07, 6.45) is 0. The summed E-state index contributed by atoms with van der Waals surface area (Å²) in [7, 11) is 0. The maximum atomic E-state index is 2.87. The second kappa shape index (κ2) is 5.40. The summed E-state index contributed by atoms with van der Waals surface area (Å²) in [5.41, 5.74) is 4.33. The van der Waals surface area contributed by atoms with Crippen LogP contribution in [0.1, 0.15) is 51.3 Å². The van der Waals surface area contributed by atoms with Gasteiger partial charge in [0.2, 0.25) is 0 Å². The van der Waals surface area contributed by atoms with Crippen LogP contribution in [0.5, 0.6) is 0 Å². The molecular formula is C19H23Al. The molecule has 2 rings (SSSR count). The van der Waals surface area contributed by atoms with Crippen molar-refractivity contribution in [2.75, 3.05) is 0 Å². The molecule has 0 spiro atoms. The van der Waals surface area contributed by atoms with Gasteiger partial charge in [0, 0.05) is 5.41 Å². The first-order valence-corrected chi connectivity index (χ1v) is 7.76. The van der Waals surface area contributed by atoms with Crippen LogP contribution >= 0.6 is 0 Å². The van der Waals surface area contributed by atoms with Crippen LogP contribution in [0.4, 0.5) is 0 Å². The molecule has 2 radical (unpaired) electrons. The third kappa shape index (κ3) is 3.00. The Morgan fingerprint density at radius 3 is 1.90 bits per heavy atom. The molecule has 0 bridgehead atoms. The largest absolute Gasteiger partial charge is 0.176 e. The van der Waals surface area contributed by atoms with E-state index in [0.29, 0.717) is 0 Å². The average Bonchev–Trinajstić information content (AvgIpc) is 2.38. The maximum Gasteiger partial charge on any atom is 0.176 e. The van der Waals surface area contributed by atoms with E-state index in [0.717, 1.165) is 0 Å². The Balaban J connectivity index is 2.54. The normalized spacial score (nSPS) is 12.4. The van der Waals surface area contributed by atoms with E-state index in [2.05, 4.69) is 99.4 Å². The minimum Gasteiger partial charge on any atom is -0.135 e. The summed E-state index contributed by atoms with van der Waals surface area (Å²) >= 11 is 2.87. The van der Waals surface area contributed by atoms with Crippen LogP contribution in [0.2, 0.25) is 0 Å². The lowest BCUT2D eigenvalue weighted by molar-refractivity contribution is 0.586. The summed E-state index contributed by atoms with van der Waals surface area (Å²) in [5, 5.41) is 0. The third-order valence-corrected chi connectivity index (χ3v) is 4.58. The fourth-order valence-corrected chi connectivity index (χ4v) is 3.23. The molecule has 0 unspecified atom stereocenters. The van der Waals surface area contributed by atoms with E-state index in [-0.39, 0.29) is 10.8 Å². The van der Waals surface area contributed by atoms with E-state index in [1.54, 1.807) is 0 Å². The Bertz CT molecular complexity index is 589. The number of hydrogen-bond acceptors (Lipinski definition) is 0. The molecule has 102 valence electrons. The highest BCUT2D eigenvalue weighted by Gasteiger charge is 2.25. The molecule has 0 saturated carbocycles. The van der Waals surface area contributed by atoms with E-state index in [1.165, 1.54) is 21.1 Å². The van der Waals surface area contributed by atoms with Crippen molar-refractivity contribution >= 4 is 20.7 Å². The van der Waals surface area contributed by atoms with Gasteiger partial charge < -0.3 is 0 Å². The highest BCUT2D eigenvalue weighted by molar-refractivity contribution is 6.33. The van der Waals surface area contributed by atoms with Crippen molar-refractivity contribution < 1.29 is 0 Å². The highest BCUT2D eigenvalue weighted by Crippen LogP contribution is 2.33. The average molecular weight is 278 g/mol. The molecule has 0 saturated heterocycles. The van der Waals surface area contributed by atoms with Crippen LogP contribution < -0.4 is 4.43 Å². The van der Waals surface area contributed by atoms with E-state index in [9.17, 15) is 0 Å². The molecule has 0 N–H and O–H groups in total. The molecule has 0 aliphatic carbocycles. The molecule has 0 aliphatic rings. The van der Waals surface area contributed by atoms with E-state index < -0.39 is 0 Å². The lowest BCUT2D eigenvalue weighted by Crippen LogP contribution is -2.26. The van der Waals surface area contributed by atoms with Gasteiger partial charge in [-0.2, -0.15) is 0 Å². The zero-order valence-corrected chi connectivity index (χ0v) is 14.4.